The van der Waals surface area contributed by atoms with E-state index in [0.29, 0.717) is 10.8 Å². The lowest BCUT2D eigenvalue weighted by atomic mass is 10.1. The summed E-state index contributed by atoms with van der Waals surface area (Å²) >= 11 is 12.4. The van der Waals surface area contributed by atoms with Crippen LogP contribution in [0.3, 0.4) is 0 Å². The van der Waals surface area contributed by atoms with Gasteiger partial charge in [-0.25, -0.2) is 8.42 Å². The third-order valence-electron chi connectivity index (χ3n) is 5.97. The molecule has 214 valence electrons. The number of nitrogens with one attached hydrogen (secondary N) is 1. The summed E-state index contributed by atoms with van der Waals surface area (Å²) in [5, 5.41) is 3.60. The molecule has 0 spiro atoms. The van der Waals surface area contributed by atoms with Crippen molar-refractivity contribution in [2.24, 2.45) is 0 Å². The number of sulfonamides is 1. The predicted octanol–water partition coefficient (Wildman–Crippen LogP) is 5.53. The number of rotatable bonds is 10. The SMILES string of the molecule is COc1ccc(N(CC(=O)N(Cc2ccc(Cl)cc2)C(C)C(=O)NC(C)(C)C)S(=O)(=O)c2ccccc2)cc1Cl. The van der Waals surface area contributed by atoms with Crippen molar-refractivity contribution >= 4 is 50.7 Å². The number of halogens is 2. The van der Waals surface area contributed by atoms with Crippen molar-refractivity contribution in [2.45, 2.75) is 50.7 Å². The third kappa shape index (κ3) is 7.90. The fraction of sp³-hybridized carbons (Fsp3) is 0.310. The molecule has 8 nitrogen and oxygen atoms in total. The number of carbonyl (C=O) groups is 2. The first-order valence-electron chi connectivity index (χ1n) is 12.5. The van der Waals surface area contributed by atoms with E-state index in [-0.39, 0.29) is 28.1 Å². The Balaban J connectivity index is 2.06. The maximum absolute atomic E-state index is 14.0. The molecule has 11 heteroatoms. The zero-order valence-corrected chi connectivity index (χ0v) is 25.3. The second kappa shape index (κ2) is 12.9. The molecule has 3 rings (SSSR count). The molecule has 0 fully saturated rings. The summed E-state index contributed by atoms with van der Waals surface area (Å²) in [5.41, 5.74) is 0.349. The highest BCUT2D eigenvalue weighted by Crippen LogP contribution is 2.32. The zero-order chi connectivity index (χ0) is 29.7. The molecule has 0 aliphatic rings. The topological polar surface area (TPSA) is 96.0 Å². The van der Waals surface area contributed by atoms with Gasteiger partial charge in [-0.1, -0.05) is 53.5 Å². The maximum atomic E-state index is 14.0. The van der Waals surface area contributed by atoms with Crippen LogP contribution in [0.15, 0.2) is 77.7 Å². The summed E-state index contributed by atoms with van der Waals surface area (Å²) in [4.78, 5) is 28.4. The highest BCUT2D eigenvalue weighted by atomic mass is 35.5. The zero-order valence-electron chi connectivity index (χ0n) is 23.0. The smallest absolute Gasteiger partial charge is 0.264 e. The lowest BCUT2D eigenvalue weighted by Gasteiger charge is -2.33. The van der Waals surface area contributed by atoms with Crippen LogP contribution in [-0.4, -0.2) is 50.4 Å². The summed E-state index contributed by atoms with van der Waals surface area (Å²) < 4.78 is 33.9. The minimum absolute atomic E-state index is 0.00230. The van der Waals surface area contributed by atoms with Crippen LogP contribution < -0.4 is 14.4 Å². The van der Waals surface area contributed by atoms with E-state index < -0.39 is 34.1 Å². The third-order valence-corrected chi connectivity index (χ3v) is 8.30. The molecule has 40 heavy (non-hydrogen) atoms. The monoisotopic (exact) mass is 605 g/mol. The van der Waals surface area contributed by atoms with Crippen molar-refractivity contribution in [1.29, 1.82) is 0 Å². The van der Waals surface area contributed by atoms with E-state index in [9.17, 15) is 18.0 Å². The fourth-order valence-electron chi connectivity index (χ4n) is 3.90. The molecule has 0 saturated carbocycles. The molecule has 1 unspecified atom stereocenters. The van der Waals surface area contributed by atoms with E-state index in [2.05, 4.69) is 5.32 Å². The van der Waals surface area contributed by atoms with Gasteiger partial charge in [0.2, 0.25) is 11.8 Å². The molecule has 2 amide bonds. The molecule has 0 aromatic heterocycles. The van der Waals surface area contributed by atoms with E-state index in [0.717, 1.165) is 9.87 Å². The average Bonchev–Trinajstić information content (AvgIpc) is 2.90. The van der Waals surface area contributed by atoms with Gasteiger partial charge in [0, 0.05) is 17.1 Å². The van der Waals surface area contributed by atoms with E-state index >= 15 is 0 Å². The summed E-state index contributed by atoms with van der Waals surface area (Å²) in [7, 11) is -2.76. The van der Waals surface area contributed by atoms with Gasteiger partial charge in [-0.2, -0.15) is 0 Å². The number of nitrogens with zero attached hydrogens (tertiary/aromatic N) is 2. The molecule has 3 aromatic carbocycles. The lowest BCUT2D eigenvalue weighted by Crippen LogP contribution is -2.54. The molecule has 0 aliphatic heterocycles. The fourth-order valence-corrected chi connectivity index (χ4v) is 5.71. The van der Waals surface area contributed by atoms with Crippen molar-refractivity contribution in [1.82, 2.24) is 10.2 Å². The van der Waals surface area contributed by atoms with Crippen LogP contribution in [0.5, 0.6) is 5.75 Å². The minimum atomic E-state index is -4.20. The van der Waals surface area contributed by atoms with Gasteiger partial charge < -0.3 is 15.0 Å². The Morgan fingerprint density at radius 1 is 0.975 bits per heavy atom. The number of methoxy groups -OCH3 is 1. The van der Waals surface area contributed by atoms with Gasteiger partial charge in [0.15, 0.2) is 0 Å². The average molecular weight is 607 g/mol. The van der Waals surface area contributed by atoms with E-state index in [4.69, 9.17) is 27.9 Å². The summed E-state index contributed by atoms with van der Waals surface area (Å²) in [6.07, 6.45) is 0. The lowest BCUT2D eigenvalue weighted by molar-refractivity contribution is -0.140. The Kier molecular flexibility index (Phi) is 10.1. The molecule has 0 bridgehead atoms. The molecule has 0 heterocycles. The molecule has 1 N–H and O–H groups in total. The summed E-state index contributed by atoms with van der Waals surface area (Å²) in [5.74, 6) is -0.608. The molecule has 0 saturated heterocycles. The normalized spacial score (nSPS) is 12.4. The molecule has 0 radical (unpaired) electrons. The van der Waals surface area contributed by atoms with Crippen molar-refractivity contribution in [3.8, 4) is 5.75 Å². The number of hydrogen-bond acceptors (Lipinski definition) is 5. The number of carbonyl (C=O) groups excluding carboxylic acids is 2. The Morgan fingerprint density at radius 2 is 1.60 bits per heavy atom. The first-order chi connectivity index (χ1) is 18.7. The van der Waals surface area contributed by atoms with Gasteiger partial charge in [0.05, 0.1) is 22.7 Å². The van der Waals surface area contributed by atoms with Crippen LogP contribution in [0.25, 0.3) is 0 Å². The number of amides is 2. The second-order valence-corrected chi connectivity index (χ2v) is 12.9. The first kappa shape index (κ1) is 31.3. The van der Waals surface area contributed by atoms with Gasteiger partial charge in [0.1, 0.15) is 18.3 Å². The predicted molar refractivity (Wildman–Crippen MR) is 158 cm³/mol. The minimum Gasteiger partial charge on any atom is -0.495 e. The van der Waals surface area contributed by atoms with E-state index in [1.54, 1.807) is 49.4 Å². The van der Waals surface area contributed by atoms with Gasteiger partial charge in [-0.05, 0) is 75.7 Å². The Bertz CT molecular complexity index is 1440. The van der Waals surface area contributed by atoms with Gasteiger partial charge in [-0.15, -0.1) is 0 Å². The highest BCUT2D eigenvalue weighted by Gasteiger charge is 2.33. The van der Waals surface area contributed by atoms with Gasteiger partial charge in [0.25, 0.3) is 10.0 Å². The standard InChI is InChI=1S/C29H33Cl2N3O5S/c1-20(28(36)32-29(2,3)4)33(18-21-11-13-22(30)14-12-21)27(35)19-34(23-15-16-26(39-5)25(31)17-23)40(37,38)24-9-7-6-8-10-24/h6-17,20H,18-19H2,1-5H3,(H,32,36). The molecule has 0 aliphatic carbocycles. The van der Waals surface area contributed by atoms with Gasteiger partial charge in [-0.3, -0.25) is 13.9 Å². The molecular weight excluding hydrogens is 573 g/mol. The van der Waals surface area contributed by atoms with Crippen LogP contribution in [0, 0.1) is 0 Å². The van der Waals surface area contributed by atoms with Crippen LogP contribution in [0.2, 0.25) is 10.0 Å². The summed E-state index contributed by atoms with van der Waals surface area (Å²) in [6, 6.07) is 18.2. The van der Waals surface area contributed by atoms with Crippen molar-refractivity contribution in [2.75, 3.05) is 18.0 Å². The second-order valence-electron chi connectivity index (χ2n) is 10.2. The van der Waals surface area contributed by atoms with Gasteiger partial charge >= 0.3 is 0 Å². The van der Waals surface area contributed by atoms with Crippen LogP contribution >= 0.6 is 23.2 Å². The van der Waals surface area contributed by atoms with Crippen LogP contribution in [0.4, 0.5) is 5.69 Å². The van der Waals surface area contributed by atoms with Crippen molar-refractivity contribution in [3.05, 3.63) is 88.4 Å². The van der Waals surface area contributed by atoms with Crippen LogP contribution in [-0.2, 0) is 26.2 Å². The number of hydrogen-bond donors (Lipinski definition) is 1. The van der Waals surface area contributed by atoms with E-state index in [1.807, 2.05) is 20.8 Å². The quantitative estimate of drug-likeness (QED) is 0.328. The Labute approximate surface area is 245 Å². The highest BCUT2D eigenvalue weighted by molar-refractivity contribution is 7.92. The molecular formula is C29H33Cl2N3O5S. The van der Waals surface area contributed by atoms with Crippen LogP contribution in [0.1, 0.15) is 33.3 Å². The first-order valence-corrected chi connectivity index (χ1v) is 14.7. The van der Waals surface area contributed by atoms with Crippen molar-refractivity contribution in [3.63, 3.8) is 0 Å². The van der Waals surface area contributed by atoms with E-state index in [1.165, 1.54) is 42.3 Å². The number of ether oxygens (including phenoxy) is 1. The molecule has 1 atom stereocenters. The maximum Gasteiger partial charge on any atom is 0.264 e. The number of benzene rings is 3. The summed E-state index contributed by atoms with van der Waals surface area (Å²) in [6.45, 7) is 6.59. The largest absolute Gasteiger partial charge is 0.495 e. The Morgan fingerprint density at radius 3 is 2.15 bits per heavy atom. The number of anilines is 1. The molecule has 3 aromatic rings. The van der Waals surface area contributed by atoms with Crippen molar-refractivity contribution < 1.29 is 22.7 Å². The Hall–Kier alpha value is -3.27.